The maximum absolute atomic E-state index is 12.2. The molecule has 0 saturated carbocycles. The molecule has 0 bridgehead atoms. The van der Waals surface area contributed by atoms with E-state index in [1.54, 1.807) is 32.0 Å². The predicted molar refractivity (Wildman–Crippen MR) is 98.2 cm³/mol. The van der Waals surface area contributed by atoms with Gasteiger partial charge in [-0.15, -0.1) is 0 Å². The first kappa shape index (κ1) is 21.0. The van der Waals surface area contributed by atoms with Gasteiger partial charge in [0, 0.05) is 16.6 Å². The van der Waals surface area contributed by atoms with Gasteiger partial charge in [0.25, 0.3) is 11.8 Å². The second kappa shape index (κ2) is 8.58. The molecule has 27 heavy (non-hydrogen) atoms. The minimum absolute atomic E-state index is 0.133. The monoisotopic (exact) mass is 415 g/mol. The average Bonchev–Trinajstić information content (AvgIpc) is 2.83. The largest absolute Gasteiger partial charge is 0.454 e. The van der Waals surface area contributed by atoms with Crippen LogP contribution in [0.5, 0.6) is 0 Å². The zero-order valence-corrected chi connectivity index (χ0v) is 16.3. The molecular formula is C17H19Cl2N3O5. The van der Waals surface area contributed by atoms with Crippen LogP contribution in [0.15, 0.2) is 18.2 Å². The third kappa shape index (κ3) is 5.11. The molecule has 1 fully saturated rings. The molecule has 1 aromatic rings. The van der Waals surface area contributed by atoms with Crippen LogP contribution in [-0.4, -0.2) is 47.4 Å². The lowest BCUT2D eigenvalue weighted by Crippen LogP contribution is -2.43. The van der Waals surface area contributed by atoms with E-state index in [2.05, 4.69) is 10.6 Å². The molecule has 0 aliphatic carbocycles. The van der Waals surface area contributed by atoms with E-state index in [9.17, 15) is 19.2 Å². The van der Waals surface area contributed by atoms with Crippen LogP contribution in [0.1, 0.15) is 25.8 Å². The molecule has 0 spiro atoms. The second-order valence-corrected chi connectivity index (χ2v) is 7.02. The molecule has 1 atom stereocenters. The van der Waals surface area contributed by atoms with E-state index in [0.29, 0.717) is 22.0 Å². The summed E-state index contributed by atoms with van der Waals surface area (Å²) in [6, 6.07) is 4.19. The molecule has 2 rings (SSSR count). The number of hydrogen-bond acceptors (Lipinski definition) is 5. The third-order valence-electron chi connectivity index (χ3n) is 4.19. The average molecular weight is 416 g/mol. The van der Waals surface area contributed by atoms with Gasteiger partial charge >= 0.3 is 12.0 Å². The SMILES string of the molecule is CC[C@@]1(C)NC(=O)N(CC(=O)OCC(=O)NCc2ccc(Cl)cc2Cl)C1=O. The van der Waals surface area contributed by atoms with Crippen molar-refractivity contribution in [3.63, 3.8) is 0 Å². The number of rotatable bonds is 7. The summed E-state index contributed by atoms with van der Waals surface area (Å²) in [5, 5.41) is 5.95. The van der Waals surface area contributed by atoms with Crippen molar-refractivity contribution in [2.24, 2.45) is 0 Å². The highest BCUT2D eigenvalue weighted by Gasteiger charge is 2.47. The van der Waals surface area contributed by atoms with Crippen molar-refractivity contribution in [1.82, 2.24) is 15.5 Å². The summed E-state index contributed by atoms with van der Waals surface area (Å²) in [5.41, 5.74) is -0.383. The summed E-state index contributed by atoms with van der Waals surface area (Å²) in [4.78, 5) is 48.4. The van der Waals surface area contributed by atoms with Gasteiger partial charge in [-0.05, 0) is 31.0 Å². The smallest absolute Gasteiger partial charge is 0.326 e. The Balaban J connectivity index is 1.79. The van der Waals surface area contributed by atoms with Gasteiger partial charge in [-0.1, -0.05) is 36.2 Å². The van der Waals surface area contributed by atoms with Crippen molar-refractivity contribution in [3.8, 4) is 0 Å². The Morgan fingerprint density at radius 3 is 2.59 bits per heavy atom. The van der Waals surface area contributed by atoms with Gasteiger partial charge in [-0.2, -0.15) is 0 Å². The zero-order chi connectivity index (χ0) is 20.2. The summed E-state index contributed by atoms with van der Waals surface area (Å²) >= 11 is 11.8. The number of halogens is 2. The van der Waals surface area contributed by atoms with E-state index in [0.717, 1.165) is 4.90 Å². The van der Waals surface area contributed by atoms with Gasteiger partial charge in [0.1, 0.15) is 12.1 Å². The molecule has 1 aliphatic heterocycles. The molecule has 2 N–H and O–H groups in total. The van der Waals surface area contributed by atoms with Crippen LogP contribution < -0.4 is 10.6 Å². The first-order chi connectivity index (χ1) is 12.7. The molecule has 1 saturated heterocycles. The van der Waals surface area contributed by atoms with E-state index < -0.39 is 42.5 Å². The van der Waals surface area contributed by atoms with E-state index in [1.165, 1.54) is 0 Å². The van der Waals surface area contributed by atoms with Crippen molar-refractivity contribution in [1.29, 1.82) is 0 Å². The number of carbonyl (C=O) groups is 4. The highest BCUT2D eigenvalue weighted by atomic mass is 35.5. The Labute approximate surface area is 166 Å². The van der Waals surface area contributed by atoms with Gasteiger partial charge < -0.3 is 15.4 Å². The number of nitrogens with one attached hydrogen (secondary N) is 2. The Morgan fingerprint density at radius 1 is 1.30 bits per heavy atom. The fourth-order valence-corrected chi connectivity index (χ4v) is 2.84. The van der Waals surface area contributed by atoms with Crippen LogP contribution in [0, 0.1) is 0 Å². The number of carbonyl (C=O) groups excluding carboxylic acids is 4. The van der Waals surface area contributed by atoms with Crippen LogP contribution in [0.3, 0.4) is 0 Å². The lowest BCUT2D eigenvalue weighted by molar-refractivity contribution is -0.151. The maximum Gasteiger partial charge on any atom is 0.326 e. The normalized spacial score (nSPS) is 19.0. The second-order valence-electron chi connectivity index (χ2n) is 6.18. The van der Waals surface area contributed by atoms with Crippen LogP contribution in [0.25, 0.3) is 0 Å². The van der Waals surface area contributed by atoms with E-state index in [-0.39, 0.29) is 6.54 Å². The lowest BCUT2D eigenvalue weighted by atomic mass is 9.99. The number of amides is 4. The Morgan fingerprint density at radius 2 is 2.00 bits per heavy atom. The van der Waals surface area contributed by atoms with Crippen LogP contribution in [0.2, 0.25) is 10.0 Å². The number of ether oxygens (including phenoxy) is 1. The molecule has 1 aromatic carbocycles. The Hall–Kier alpha value is -2.32. The first-order valence-electron chi connectivity index (χ1n) is 8.16. The minimum Gasteiger partial charge on any atom is -0.454 e. The predicted octanol–water partition coefficient (Wildman–Crippen LogP) is 1.87. The molecule has 8 nitrogen and oxygen atoms in total. The summed E-state index contributed by atoms with van der Waals surface area (Å²) < 4.78 is 4.82. The lowest BCUT2D eigenvalue weighted by Gasteiger charge is -2.18. The summed E-state index contributed by atoms with van der Waals surface area (Å²) in [5.74, 6) is -1.92. The van der Waals surface area contributed by atoms with Gasteiger partial charge in [-0.3, -0.25) is 19.3 Å². The van der Waals surface area contributed by atoms with E-state index in [1.807, 2.05) is 0 Å². The zero-order valence-electron chi connectivity index (χ0n) is 14.8. The third-order valence-corrected chi connectivity index (χ3v) is 4.78. The maximum atomic E-state index is 12.2. The number of imide groups is 1. The van der Waals surface area contributed by atoms with E-state index in [4.69, 9.17) is 27.9 Å². The molecule has 0 radical (unpaired) electrons. The Kier molecular flexibility index (Phi) is 6.67. The van der Waals surface area contributed by atoms with Crippen LogP contribution in [-0.2, 0) is 25.7 Å². The molecule has 0 unspecified atom stereocenters. The summed E-state index contributed by atoms with van der Waals surface area (Å²) in [6.07, 6.45) is 0.388. The van der Waals surface area contributed by atoms with Crippen LogP contribution in [0.4, 0.5) is 4.79 Å². The van der Waals surface area contributed by atoms with Crippen LogP contribution >= 0.6 is 23.2 Å². The van der Waals surface area contributed by atoms with Gasteiger partial charge in [0.2, 0.25) is 0 Å². The van der Waals surface area contributed by atoms with Crippen molar-refractivity contribution >= 4 is 47.0 Å². The molecular weight excluding hydrogens is 397 g/mol. The first-order valence-corrected chi connectivity index (χ1v) is 8.92. The van der Waals surface area contributed by atoms with E-state index >= 15 is 0 Å². The molecule has 0 aromatic heterocycles. The van der Waals surface area contributed by atoms with Gasteiger partial charge in [0.15, 0.2) is 6.61 Å². The molecule has 1 aliphatic rings. The topological polar surface area (TPSA) is 105 Å². The standard InChI is InChI=1S/C17H19Cl2N3O5/c1-3-17(2)15(25)22(16(26)21-17)8-14(24)27-9-13(23)20-7-10-4-5-11(18)6-12(10)19/h4-6H,3,7-9H2,1-2H3,(H,20,23)(H,21,26)/t17-/m1/s1. The highest BCUT2D eigenvalue weighted by molar-refractivity contribution is 6.35. The summed E-state index contributed by atoms with van der Waals surface area (Å²) in [7, 11) is 0. The van der Waals surface area contributed by atoms with Gasteiger partial charge in [0.05, 0.1) is 0 Å². The number of urea groups is 1. The van der Waals surface area contributed by atoms with Crippen molar-refractivity contribution in [2.75, 3.05) is 13.2 Å². The molecule has 1 heterocycles. The number of benzene rings is 1. The minimum atomic E-state index is -1.04. The number of esters is 1. The fourth-order valence-electron chi connectivity index (χ4n) is 2.36. The molecule has 146 valence electrons. The van der Waals surface area contributed by atoms with Gasteiger partial charge in [-0.25, -0.2) is 4.79 Å². The highest BCUT2D eigenvalue weighted by Crippen LogP contribution is 2.21. The van der Waals surface area contributed by atoms with Crippen molar-refractivity contribution in [2.45, 2.75) is 32.4 Å². The number of hydrogen-bond donors (Lipinski definition) is 2. The van der Waals surface area contributed by atoms with Crippen molar-refractivity contribution in [3.05, 3.63) is 33.8 Å². The molecule has 10 heteroatoms. The quantitative estimate of drug-likeness (QED) is 0.522. The fraction of sp³-hybridized carbons (Fsp3) is 0.412. The van der Waals surface area contributed by atoms with Crippen molar-refractivity contribution < 1.29 is 23.9 Å². The molecule has 4 amide bonds. The number of nitrogens with zero attached hydrogens (tertiary/aromatic N) is 1. The summed E-state index contributed by atoms with van der Waals surface area (Å²) in [6.45, 7) is 2.36. The Bertz CT molecular complexity index is 786.